The summed E-state index contributed by atoms with van der Waals surface area (Å²) < 4.78 is 123. The largest absolute Gasteiger partial charge is 0.286 e. The Labute approximate surface area is 121 Å². The molecule has 3 atom stereocenters. The quantitative estimate of drug-likeness (QED) is 0.335. The first-order chi connectivity index (χ1) is 8.87. The molecule has 0 saturated heterocycles. The van der Waals surface area contributed by atoms with E-state index in [1.807, 2.05) is 0 Å². The first-order valence-corrected chi connectivity index (χ1v) is 10.8. The van der Waals surface area contributed by atoms with Gasteiger partial charge in [0, 0.05) is 0 Å². The maximum atomic E-state index is 11.1. The molecule has 0 aromatic heterocycles. The predicted molar refractivity (Wildman–Crippen MR) is 68.1 cm³/mol. The molecule has 0 fully saturated rings. The van der Waals surface area contributed by atoms with E-state index in [0.29, 0.717) is 6.92 Å². The fourth-order valence-electron chi connectivity index (χ4n) is 1.46. The van der Waals surface area contributed by atoms with Gasteiger partial charge in [0.15, 0.2) is 0 Å². The lowest BCUT2D eigenvalue weighted by atomic mass is 10.2. The zero-order valence-corrected chi connectivity index (χ0v) is 13.4. The molecule has 0 radical (unpaired) electrons. The molecule has 0 heterocycles. The maximum Gasteiger partial charge on any atom is 0.270 e. The third-order valence-corrected chi connectivity index (χ3v) is 7.62. The normalized spacial score (nSPS) is 18.9. The van der Waals surface area contributed by atoms with Crippen molar-refractivity contribution in [1.29, 1.82) is 0 Å². The zero-order chi connectivity index (χ0) is 17.4. The van der Waals surface area contributed by atoms with Gasteiger partial charge in [-0.15, -0.1) is 0 Å². The third kappa shape index (κ3) is 6.51. The Bertz CT molecular complexity index is 784. The second-order valence-electron chi connectivity index (χ2n) is 4.00. The maximum absolute atomic E-state index is 11.1. The van der Waals surface area contributed by atoms with E-state index in [2.05, 4.69) is 0 Å². The summed E-state index contributed by atoms with van der Waals surface area (Å²) in [6.45, 7) is 0.454. The summed E-state index contributed by atoms with van der Waals surface area (Å²) in [5, 5.41) is -8.41. The van der Waals surface area contributed by atoms with E-state index in [1.54, 1.807) is 0 Å². The van der Waals surface area contributed by atoms with Crippen LogP contribution in [-0.2, 0) is 40.5 Å². The summed E-state index contributed by atoms with van der Waals surface area (Å²) in [6.07, 6.45) is 0. The van der Waals surface area contributed by atoms with Crippen molar-refractivity contribution in [3.63, 3.8) is 0 Å². The molecule has 128 valence electrons. The van der Waals surface area contributed by atoms with Crippen molar-refractivity contribution in [3.8, 4) is 0 Å². The van der Waals surface area contributed by atoms with Gasteiger partial charge in [0.2, 0.25) is 0 Å². The molecule has 0 aromatic rings. The molecular formula is C5H12O12S4. The zero-order valence-electron chi connectivity index (χ0n) is 10.1. The molecule has 0 aliphatic rings. The van der Waals surface area contributed by atoms with Gasteiger partial charge >= 0.3 is 0 Å². The average Bonchev–Trinajstić information content (AvgIpc) is 2.08. The number of hydrogen-bond donors (Lipinski definition) is 4. The molecule has 21 heavy (non-hydrogen) atoms. The minimum atomic E-state index is -5.56. The summed E-state index contributed by atoms with van der Waals surface area (Å²) >= 11 is 0. The highest BCUT2D eigenvalue weighted by Gasteiger charge is 2.49. The molecule has 3 unspecified atom stereocenters. The lowest BCUT2D eigenvalue weighted by molar-refractivity contribution is 0.421. The van der Waals surface area contributed by atoms with Gasteiger partial charge in [0.1, 0.15) is 15.7 Å². The minimum Gasteiger partial charge on any atom is -0.286 e. The molecule has 12 nitrogen and oxygen atoms in total. The summed E-state index contributed by atoms with van der Waals surface area (Å²) in [5.74, 6) is -1.92. The van der Waals surface area contributed by atoms with E-state index in [4.69, 9.17) is 18.2 Å². The van der Waals surface area contributed by atoms with E-state index >= 15 is 0 Å². The van der Waals surface area contributed by atoms with Crippen molar-refractivity contribution in [3.05, 3.63) is 0 Å². The molecule has 0 aromatic carbocycles. The van der Waals surface area contributed by atoms with Crippen molar-refractivity contribution in [2.45, 2.75) is 22.7 Å². The Kier molecular flexibility index (Phi) is 5.93. The van der Waals surface area contributed by atoms with Crippen LogP contribution in [0.3, 0.4) is 0 Å². The monoisotopic (exact) mass is 392 g/mol. The molecule has 0 rings (SSSR count). The Morgan fingerprint density at radius 2 is 1.10 bits per heavy atom. The van der Waals surface area contributed by atoms with Crippen molar-refractivity contribution in [2.24, 2.45) is 0 Å². The van der Waals surface area contributed by atoms with Crippen molar-refractivity contribution < 1.29 is 51.9 Å². The summed E-state index contributed by atoms with van der Waals surface area (Å²) in [6, 6.07) is 0. The van der Waals surface area contributed by atoms with Gasteiger partial charge in [0.25, 0.3) is 40.5 Å². The summed E-state index contributed by atoms with van der Waals surface area (Å²) in [7, 11) is -21.5. The fourth-order valence-corrected chi connectivity index (χ4v) is 7.26. The average molecular weight is 392 g/mol. The molecule has 0 saturated carbocycles. The lowest BCUT2D eigenvalue weighted by Crippen LogP contribution is -2.51. The Morgan fingerprint density at radius 1 is 0.714 bits per heavy atom. The van der Waals surface area contributed by atoms with Crippen LogP contribution in [0.4, 0.5) is 0 Å². The Balaban J connectivity index is 6.35. The summed E-state index contributed by atoms with van der Waals surface area (Å²) in [4.78, 5) is 0. The number of hydrogen-bond acceptors (Lipinski definition) is 8. The van der Waals surface area contributed by atoms with Gasteiger partial charge in [-0.25, -0.2) is 0 Å². The lowest BCUT2D eigenvalue weighted by Gasteiger charge is -2.24. The van der Waals surface area contributed by atoms with Crippen molar-refractivity contribution in [1.82, 2.24) is 0 Å². The van der Waals surface area contributed by atoms with E-state index in [1.165, 1.54) is 0 Å². The van der Waals surface area contributed by atoms with E-state index in [0.717, 1.165) is 0 Å². The van der Waals surface area contributed by atoms with Crippen LogP contribution in [0.25, 0.3) is 0 Å². The van der Waals surface area contributed by atoms with E-state index < -0.39 is 62.0 Å². The standard InChI is InChI=1S/C5H12O12S4/c1-3(19(9,10)11)5(21(15,16)17)4(20(12,13)14)2-18(6,7)8/h3-5H,2H2,1H3,(H,6,7,8)(H,9,10,11)(H,12,13,14)(H,15,16,17). The topological polar surface area (TPSA) is 217 Å². The van der Waals surface area contributed by atoms with Gasteiger partial charge in [-0.05, 0) is 6.92 Å². The van der Waals surface area contributed by atoms with Crippen LogP contribution in [0.1, 0.15) is 6.92 Å². The smallest absolute Gasteiger partial charge is 0.270 e. The van der Waals surface area contributed by atoms with Gasteiger partial charge in [-0.2, -0.15) is 33.7 Å². The first kappa shape index (κ1) is 20.6. The van der Waals surface area contributed by atoms with Crippen LogP contribution in [0.5, 0.6) is 0 Å². The van der Waals surface area contributed by atoms with Crippen molar-refractivity contribution in [2.75, 3.05) is 5.75 Å². The molecule has 0 aliphatic heterocycles. The van der Waals surface area contributed by atoms with Gasteiger partial charge in [0.05, 0.1) is 5.75 Å². The Hall–Kier alpha value is -0.360. The predicted octanol–water partition coefficient (Wildman–Crippen LogP) is -2.34. The molecule has 16 heteroatoms. The fraction of sp³-hybridized carbons (Fsp3) is 1.00. The highest BCUT2D eigenvalue weighted by molar-refractivity contribution is 7.93. The first-order valence-electron chi connectivity index (χ1n) is 4.71. The SMILES string of the molecule is CC(C(C(CS(=O)(=O)O)S(=O)(=O)O)S(=O)(=O)O)S(=O)(=O)O. The second-order valence-corrected chi connectivity index (χ2v) is 10.5. The van der Waals surface area contributed by atoms with Crippen LogP contribution in [-0.4, -0.2) is 73.4 Å². The second kappa shape index (κ2) is 6.03. The third-order valence-electron chi connectivity index (χ3n) is 2.40. The Morgan fingerprint density at radius 3 is 1.29 bits per heavy atom. The van der Waals surface area contributed by atoms with Crippen LogP contribution in [0.2, 0.25) is 0 Å². The van der Waals surface area contributed by atoms with Crippen LogP contribution < -0.4 is 0 Å². The molecule has 0 amide bonds. The molecule has 0 bridgehead atoms. The van der Waals surface area contributed by atoms with Gasteiger partial charge in [-0.1, -0.05) is 0 Å². The van der Waals surface area contributed by atoms with Crippen molar-refractivity contribution >= 4 is 40.5 Å². The molecule has 4 N–H and O–H groups in total. The van der Waals surface area contributed by atoms with Crippen LogP contribution in [0.15, 0.2) is 0 Å². The van der Waals surface area contributed by atoms with E-state index in [-0.39, 0.29) is 0 Å². The molecular weight excluding hydrogens is 380 g/mol. The summed E-state index contributed by atoms with van der Waals surface area (Å²) in [5.41, 5.74) is 0. The highest BCUT2D eigenvalue weighted by Crippen LogP contribution is 2.22. The highest BCUT2D eigenvalue weighted by atomic mass is 32.2. The molecule has 0 aliphatic carbocycles. The number of rotatable bonds is 7. The van der Waals surface area contributed by atoms with Crippen LogP contribution >= 0.6 is 0 Å². The molecule has 0 spiro atoms. The minimum absolute atomic E-state index is 0.454. The van der Waals surface area contributed by atoms with Gasteiger partial charge < -0.3 is 0 Å². The van der Waals surface area contributed by atoms with E-state index in [9.17, 15) is 33.7 Å². The van der Waals surface area contributed by atoms with Crippen LogP contribution in [0, 0.1) is 0 Å². The van der Waals surface area contributed by atoms with Gasteiger partial charge in [-0.3, -0.25) is 18.2 Å².